The average molecular weight is 257 g/mol. The number of benzene rings is 1. The van der Waals surface area contributed by atoms with Gasteiger partial charge in [-0.3, -0.25) is 10.1 Å². The minimum atomic E-state index is -0.464. The lowest BCUT2D eigenvalue weighted by Gasteiger charge is -1.92. The van der Waals surface area contributed by atoms with Crippen molar-refractivity contribution in [3.8, 4) is 10.6 Å². The van der Waals surface area contributed by atoms with E-state index in [0.717, 1.165) is 10.6 Å². The number of hydrogen-bond acceptors (Lipinski definition) is 5. The van der Waals surface area contributed by atoms with E-state index in [9.17, 15) is 10.1 Å². The van der Waals surface area contributed by atoms with Gasteiger partial charge in [0.2, 0.25) is 0 Å². The molecule has 1 aromatic carbocycles. The van der Waals surface area contributed by atoms with Gasteiger partial charge in [0.15, 0.2) is 0 Å². The first-order valence-corrected chi connectivity index (χ1v) is 6.02. The molecule has 0 fully saturated rings. The zero-order valence-corrected chi connectivity index (χ0v) is 9.92. The number of nitro groups is 1. The van der Waals surface area contributed by atoms with Crippen molar-refractivity contribution in [2.75, 3.05) is 0 Å². The zero-order valence-electron chi connectivity index (χ0n) is 9.11. The van der Waals surface area contributed by atoms with Crippen LogP contribution < -0.4 is 0 Å². The Labute approximate surface area is 106 Å². The van der Waals surface area contributed by atoms with Gasteiger partial charge >= 0.3 is 0 Å². The summed E-state index contributed by atoms with van der Waals surface area (Å²) in [6.45, 7) is 0. The Bertz CT molecular complexity index is 725. The summed E-state index contributed by atoms with van der Waals surface area (Å²) >= 11 is 1.43. The summed E-state index contributed by atoms with van der Waals surface area (Å²) < 4.78 is 0. The van der Waals surface area contributed by atoms with Gasteiger partial charge in [0.25, 0.3) is 5.69 Å². The molecule has 0 radical (unpaired) electrons. The number of aromatic nitrogens is 2. The van der Waals surface area contributed by atoms with Crippen molar-refractivity contribution in [1.82, 2.24) is 9.97 Å². The van der Waals surface area contributed by atoms with Crippen LogP contribution in [0.5, 0.6) is 0 Å². The summed E-state index contributed by atoms with van der Waals surface area (Å²) in [5.41, 5.74) is 1.52. The van der Waals surface area contributed by atoms with E-state index in [1.165, 1.54) is 23.6 Å². The highest BCUT2D eigenvalue weighted by Crippen LogP contribution is 2.30. The number of thiazole rings is 1. The van der Waals surface area contributed by atoms with Crippen molar-refractivity contribution in [2.24, 2.45) is 0 Å². The highest BCUT2D eigenvalue weighted by molar-refractivity contribution is 7.21. The first kappa shape index (κ1) is 10.8. The maximum Gasteiger partial charge on any atom is 0.289 e. The molecule has 2 heterocycles. The molecule has 18 heavy (non-hydrogen) atoms. The molecule has 88 valence electrons. The Hall–Kier alpha value is -2.34. The van der Waals surface area contributed by atoms with Gasteiger partial charge in [-0.15, -0.1) is 0 Å². The lowest BCUT2D eigenvalue weighted by Crippen LogP contribution is -1.88. The van der Waals surface area contributed by atoms with Crippen molar-refractivity contribution >= 4 is 27.4 Å². The number of pyridine rings is 1. The fraction of sp³-hybridized carbons (Fsp3) is 0. The van der Waals surface area contributed by atoms with Crippen LogP contribution in [0.4, 0.5) is 5.69 Å². The zero-order chi connectivity index (χ0) is 12.5. The van der Waals surface area contributed by atoms with Crippen LogP contribution in [0.25, 0.3) is 20.9 Å². The van der Waals surface area contributed by atoms with Gasteiger partial charge in [0.05, 0.1) is 4.92 Å². The highest BCUT2D eigenvalue weighted by atomic mass is 32.1. The molecule has 0 N–H and O–H groups in total. The molecule has 0 saturated heterocycles. The SMILES string of the molecule is O=[N+]([O-])c1cnc2sc(-c3ccccc3)nc2c1. The third-order valence-corrected chi connectivity index (χ3v) is 3.49. The van der Waals surface area contributed by atoms with Crippen LogP contribution in [-0.2, 0) is 0 Å². The predicted molar refractivity (Wildman–Crippen MR) is 69.5 cm³/mol. The van der Waals surface area contributed by atoms with Crippen molar-refractivity contribution in [3.63, 3.8) is 0 Å². The molecule has 2 aromatic heterocycles. The van der Waals surface area contributed by atoms with Crippen LogP contribution in [0.1, 0.15) is 0 Å². The topological polar surface area (TPSA) is 68.9 Å². The molecule has 0 atom stereocenters. The quantitative estimate of drug-likeness (QED) is 0.522. The van der Waals surface area contributed by atoms with E-state index >= 15 is 0 Å². The van der Waals surface area contributed by atoms with Crippen molar-refractivity contribution in [3.05, 3.63) is 52.7 Å². The lowest BCUT2D eigenvalue weighted by atomic mass is 10.2. The van der Waals surface area contributed by atoms with Crippen LogP contribution in [-0.4, -0.2) is 14.9 Å². The van der Waals surface area contributed by atoms with Crippen LogP contribution >= 0.6 is 11.3 Å². The van der Waals surface area contributed by atoms with E-state index in [1.54, 1.807) is 0 Å². The fourth-order valence-electron chi connectivity index (χ4n) is 1.62. The van der Waals surface area contributed by atoms with Gasteiger partial charge in [-0.1, -0.05) is 41.7 Å². The van der Waals surface area contributed by atoms with Crippen LogP contribution in [0.2, 0.25) is 0 Å². The maximum atomic E-state index is 10.7. The van der Waals surface area contributed by atoms with Gasteiger partial charge < -0.3 is 0 Å². The highest BCUT2D eigenvalue weighted by Gasteiger charge is 2.12. The molecule has 3 rings (SSSR count). The minimum absolute atomic E-state index is 0.0348. The smallest absolute Gasteiger partial charge is 0.258 e. The monoisotopic (exact) mass is 257 g/mol. The Kier molecular flexibility index (Phi) is 2.49. The van der Waals surface area contributed by atoms with E-state index in [1.807, 2.05) is 30.3 Å². The van der Waals surface area contributed by atoms with Gasteiger partial charge in [0.1, 0.15) is 21.6 Å². The summed E-state index contributed by atoms with van der Waals surface area (Å²) in [4.78, 5) is 19.3. The van der Waals surface area contributed by atoms with Crippen molar-refractivity contribution < 1.29 is 4.92 Å². The Morgan fingerprint density at radius 2 is 2.00 bits per heavy atom. The molecule has 0 amide bonds. The molecular weight excluding hydrogens is 250 g/mol. The maximum absolute atomic E-state index is 10.7. The largest absolute Gasteiger partial charge is 0.289 e. The van der Waals surface area contributed by atoms with Crippen LogP contribution in [0.3, 0.4) is 0 Å². The summed E-state index contributed by atoms with van der Waals surface area (Å²) in [6.07, 6.45) is 1.26. The Morgan fingerprint density at radius 3 is 2.72 bits per heavy atom. The molecule has 5 nitrogen and oxygen atoms in total. The minimum Gasteiger partial charge on any atom is -0.258 e. The second kappa shape index (κ2) is 4.15. The molecule has 3 aromatic rings. The van der Waals surface area contributed by atoms with E-state index in [4.69, 9.17) is 0 Å². The van der Waals surface area contributed by atoms with Crippen molar-refractivity contribution in [1.29, 1.82) is 0 Å². The number of rotatable bonds is 2. The summed E-state index contributed by atoms with van der Waals surface area (Å²) in [7, 11) is 0. The third-order valence-electron chi connectivity index (χ3n) is 2.46. The van der Waals surface area contributed by atoms with Crippen molar-refractivity contribution in [2.45, 2.75) is 0 Å². The first-order chi connectivity index (χ1) is 8.74. The van der Waals surface area contributed by atoms with Gasteiger partial charge in [0, 0.05) is 11.6 Å². The summed E-state index contributed by atoms with van der Waals surface area (Å²) in [5, 5.41) is 11.5. The molecule has 0 saturated carbocycles. The van der Waals surface area contributed by atoms with E-state index in [2.05, 4.69) is 9.97 Å². The molecule has 0 aliphatic heterocycles. The average Bonchev–Trinajstić information content (AvgIpc) is 2.82. The van der Waals surface area contributed by atoms with E-state index in [0.29, 0.717) is 10.3 Å². The molecule has 0 unspecified atom stereocenters. The number of hydrogen-bond donors (Lipinski definition) is 0. The third kappa shape index (κ3) is 1.82. The predicted octanol–water partition coefficient (Wildman–Crippen LogP) is 3.27. The fourth-order valence-corrected chi connectivity index (χ4v) is 2.51. The molecule has 0 aliphatic rings. The molecular formula is C12H7N3O2S. The standard InChI is InChI=1S/C12H7N3O2S/c16-15(17)9-6-10-12(13-7-9)18-11(14-10)8-4-2-1-3-5-8/h1-7H. The summed E-state index contributed by atoms with van der Waals surface area (Å²) in [5.74, 6) is 0. The molecule has 6 heteroatoms. The van der Waals surface area contributed by atoms with Gasteiger partial charge in [-0.05, 0) is 0 Å². The van der Waals surface area contributed by atoms with Crippen LogP contribution in [0, 0.1) is 10.1 Å². The molecule has 0 aliphatic carbocycles. The first-order valence-electron chi connectivity index (χ1n) is 5.20. The normalized spacial score (nSPS) is 10.7. The van der Waals surface area contributed by atoms with E-state index < -0.39 is 4.92 Å². The van der Waals surface area contributed by atoms with Crippen LogP contribution in [0.15, 0.2) is 42.6 Å². The second-order valence-electron chi connectivity index (χ2n) is 3.66. The van der Waals surface area contributed by atoms with E-state index in [-0.39, 0.29) is 5.69 Å². The molecule has 0 bridgehead atoms. The van der Waals surface area contributed by atoms with Gasteiger partial charge in [-0.2, -0.15) is 0 Å². The molecule has 0 spiro atoms. The number of fused-ring (bicyclic) bond motifs is 1. The Balaban J connectivity index is 2.14. The lowest BCUT2D eigenvalue weighted by molar-refractivity contribution is -0.385. The second-order valence-corrected chi connectivity index (χ2v) is 4.64. The Morgan fingerprint density at radius 1 is 1.22 bits per heavy atom. The van der Waals surface area contributed by atoms with Gasteiger partial charge in [-0.25, -0.2) is 9.97 Å². The summed E-state index contributed by atoms with van der Waals surface area (Å²) in [6, 6.07) is 11.1. The number of nitrogens with zero attached hydrogens (tertiary/aromatic N) is 3.